The topological polar surface area (TPSA) is 57.7 Å². The normalized spacial score (nSPS) is 22.7. The summed E-state index contributed by atoms with van der Waals surface area (Å²) in [7, 11) is 0. The van der Waals surface area contributed by atoms with Crippen LogP contribution in [-0.2, 0) is 9.53 Å². The molecule has 0 aromatic carbocycles. The van der Waals surface area contributed by atoms with E-state index in [9.17, 15) is 4.79 Å². The van der Waals surface area contributed by atoms with Gasteiger partial charge in [-0.15, -0.1) is 0 Å². The van der Waals surface area contributed by atoms with E-state index in [2.05, 4.69) is 28.2 Å². The van der Waals surface area contributed by atoms with Gasteiger partial charge in [0.05, 0.1) is 19.1 Å². The van der Waals surface area contributed by atoms with Crippen molar-refractivity contribution >= 4 is 11.6 Å². The van der Waals surface area contributed by atoms with Gasteiger partial charge in [0.15, 0.2) is 0 Å². The summed E-state index contributed by atoms with van der Waals surface area (Å²) in [5.74, 6) is 0.215. The Bertz CT molecular complexity index is 531. The lowest BCUT2D eigenvalue weighted by atomic mass is 10.2. The molecule has 3 rings (SSSR count). The summed E-state index contributed by atoms with van der Waals surface area (Å²) in [5.41, 5.74) is 2.42. The van der Waals surface area contributed by atoms with Crippen LogP contribution in [0.3, 0.4) is 0 Å². The highest BCUT2D eigenvalue weighted by Crippen LogP contribution is 2.20. The van der Waals surface area contributed by atoms with Gasteiger partial charge in [-0.2, -0.15) is 0 Å². The zero-order valence-electron chi connectivity index (χ0n) is 13.8. The number of nitrogens with zero attached hydrogens (tertiary/aromatic N) is 3. The van der Waals surface area contributed by atoms with Crippen molar-refractivity contribution < 1.29 is 9.53 Å². The first-order chi connectivity index (χ1) is 11.2. The fourth-order valence-electron chi connectivity index (χ4n) is 3.30. The number of amides is 1. The lowest BCUT2D eigenvalue weighted by Crippen LogP contribution is -2.43. The summed E-state index contributed by atoms with van der Waals surface area (Å²) < 4.78 is 5.65. The Morgan fingerprint density at radius 1 is 1.39 bits per heavy atom. The number of aryl methyl sites for hydroxylation is 1. The fourth-order valence-corrected chi connectivity index (χ4v) is 3.30. The van der Waals surface area contributed by atoms with Gasteiger partial charge in [0.25, 0.3) is 0 Å². The molecule has 0 aliphatic carbocycles. The van der Waals surface area contributed by atoms with E-state index >= 15 is 0 Å². The number of hydrogen-bond acceptors (Lipinski definition) is 5. The third kappa shape index (κ3) is 4.20. The van der Waals surface area contributed by atoms with Crippen molar-refractivity contribution in [3.05, 3.63) is 24.0 Å². The lowest BCUT2D eigenvalue weighted by Gasteiger charge is -2.27. The van der Waals surface area contributed by atoms with E-state index in [0.29, 0.717) is 13.0 Å². The zero-order chi connectivity index (χ0) is 16.1. The molecule has 1 atom stereocenters. The zero-order valence-corrected chi connectivity index (χ0v) is 13.8. The summed E-state index contributed by atoms with van der Waals surface area (Å²) in [6, 6.07) is 2.06. The van der Waals surface area contributed by atoms with Crippen molar-refractivity contribution in [1.29, 1.82) is 0 Å². The predicted octanol–water partition coefficient (Wildman–Crippen LogP) is 0.807. The number of carbonyl (C=O) groups is 1. The summed E-state index contributed by atoms with van der Waals surface area (Å²) in [4.78, 5) is 21.0. The predicted molar refractivity (Wildman–Crippen MR) is 89.6 cm³/mol. The van der Waals surface area contributed by atoms with Crippen LogP contribution in [0.1, 0.15) is 18.4 Å². The van der Waals surface area contributed by atoms with Crippen LogP contribution in [0.25, 0.3) is 0 Å². The first-order valence-corrected chi connectivity index (χ1v) is 8.49. The molecule has 0 spiro atoms. The molecular formula is C17H26N4O2. The van der Waals surface area contributed by atoms with Gasteiger partial charge < -0.3 is 19.9 Å². The average Bonchev–Trinajstić information content (AvgIpc) is 2.82. The SMILES string of the molecule is Cc1cnccc1N1CCCN(C(=O)C[C@H]2CNCCO2)CC1. The van der Waals surface area contributed by atoms with Crippen LogP contribution in [0.15, 0.2) is 18.5 Å². The van der Waals surface area contributed by atoms with E-state index in [4.69, 9.17) is 4.74 Å². The minimum absolute atomic E-state index is 0.0260. The van der Waals surface area contributed by atoms with E-state index in [1.54, 1.807) is 0 Å². The van der Waals surface area contributed by atoms with Gasteiger partial charge >= 0.3 is 0 Å². The molecule has 0 radical (unpaired) electrons. The van der Waals surface area contributed by atoms with Crippen LogP contribution in [0.5, 0.6) is 0 Å². The molecule has 2 saturated heterocycles. The number of morpholine rings is 1. The molecule has 6 heteroatoms. The minimum Gasteiger partial charge on any atom is -0.375 e. The summed E-state index contributed by atoms with van der Waals surface area (Å²) >= 11 is 0. The summed E-state index contributed by atoms with van der Waals surface area (Å²) in [5, 5.41) is 3.28. The number of aromatic nitrogens is 1. The molecule has 1 aromatic rings. The van der Waals surface area contributed by atoms with Crippen LogP contribution in [-0.4, -0.2) is 67.8 Å². The Balaban J connectivity index is 1.55. The molecule has 23 heavy (non-hydrogen) atoms. The largest absolute Gasteiger partial charge is 0.375 e. The molecule has 2 aliphatic rings. The van der Waals surface area contributed by atoms with E-state index in [-0.39, 0.29) is 12.0 Å². The maximum absolute atomic E-state index is 12.5. The minimum atomic E-state index is 0.0260. The number of carbonyl (C=O) groups excluding carboxylic acids is 1. The Morgan fingerprint density at radius 3 is 3.09 bits per heavy atom. The third-order valence-electron chi connectivity index (χ3n) is 4.59. The van der Waals surface area contributed by atoms with E-state index in [1.807, 2.05) is 17.3 Å². The highest BCUT2D eigenvalue weighted by molar-refractivity contribution is 5.77. The Kier molecular flexibility index (Phi) is 5.46. The van der Waals surface area contributed by atoms with E-state index < -0.39 is 0 Å². The number of pyridine rings is 1. The lowest BCUT2D eigenvalue weighted by molar-refractivity contribution is -0.134. The maximum Gasteiger partial charge on any atom is 0.225 e. The molecule has 2 fully saturated rings. The van der Waals surface area contributed by atoms with Crippen LogP contribution in [0.2, 0.25) is 0 Å². The quantitative estimate of drug-likeness (QED) is 0.894. The van der Waals surface area contributed by atoms with E-state index in [1.165, 1.54) is 11.3 Å². The van der Waals surface area contributed by atoms with Crippen LogP contribution < -0.4 is 10.2 Å². The van der Waals surface area contributed by atoms with Crippen molar-refractivity contribution in [2.24, 2.45) is 0 Å². The van der Waals surface area contributed by atoms with Crippen molar-refractivity contribution in [2.45, 2.75) is 25.9 Å². The second kappa shape index (κ2) is 7.75. The van der Waals surface area contributed by atoms with Gasteiger partial charge in [-0.25, -0.2) is 0 Å². The molecule has 6 nitrogen and oxygen atoms in total. The van der Waals surface area contributed by atoms with Gasteiger partial charge in [0.2, 0.25) is 5.91 Å². The van der Waals surface area contributed by atoms with Gasteiger partial charge in [0.1, 0.15) is 0 Å². The van der Waals surface area contributed by atoms with E-state index in [0.717, 1.165) is 45.7 Å². The molecule has 126 valence electrons. The maximum atomic E-state index is 12.5. The van der Waals surface area contributed by atoms with Crippen molar-refractivity contribution in [3.8, 4) is 0 Å². The number of anilines is 1. The van der Waals surface area contributed by atoms with Gasteiger partial charge in [-0.3, -0.25) is 9.78 Å². The summed E-state index contributed by atoms with van der Waals surface area (Å²) in [6.07, 6.45) is 5.25. The van der Waals surface area contributed by atoms with Crippen LogP contribution in [0.4, 0.5) is 5.69 Å². The Morgan fingerprint density at radius 2 is 2.30 bits per heavy atom. The second-order valence-electron chi connectivity index (χ2n) is 6.28. The number of hydrogen-bond donors (Lipinski definition) is 1. The van der Waals surface area contributed by atoms with Crippen molar-refractivity contribution in [2.75, 3.05) is 50.8 Å². The Labute approximate surface area is 137 Å². The second-order valence-corrected chi connectivity index (χ2v) is 6.28. The highest BCUT2D eigenvalue weighted by atomic mass is 16.5. The number of nitrogens with one attached hydrogen (secondary N) is 1. The molecular weight excluding hydrogens is 292 g/mol. The van der Waals surface area contributed by atoms with Crippen LogP contribution in [0, 0.1) is 6.92 Å². The van der Waals surface area contributed by atoms with Gasteiger partial charge in [0, 0.05) is 57.3 Å². The molecule has 1 N–H and O–H groups in total. The number of ether oxygens (including phenoxy) is 1. The fraction of sp³-hybridized carbons (Fsp3) is 0.647. The molecule has 0 saturated carbocycles. The first kappa shape index (κ1) is 16.2. The Hall–Kier alpha value is -1.66. The average molecular weight is 318 g/mol. The molecule has 3 heterocycles. The summed E-state index contributed by atoms with van der Waals surface area (Å²) in [6.45, 7) is 7.92. The first-order valence-electron chi connectivity index (χ1n) is 8.49. The molecule has 0 bridgehead atoms. The standard InChI is InChI=1S/C17H26N4O2/c1-14-12-18-4-3-16(14)20-6-2-7-21(9-8-20)17(22)11-15-13-19-5-10-23-15/h3-4,12,15,19H,2,5-11,13H2,1H3/t15-/m0/s1. The highest BCUT2D eigenvalue weighted by Gasteiger charge is 2.24. The molecule has 1 aromatic heterocycles. The monoisotopic (exact) mass is 318 g/mol. The van der Waals surface area contributed by atoms with Gasteiger partial charge in [-0.05, 0) is 25.0 Å². The third-order valence-corrected chi connectivity index (χ3v) is 4.59. The van der Waals surface area contributed by atoms with Crippen LogP contribution >= 0.6 is 0 Å². The van der Waals surface area contributed by atoms with Gasteiger partial charge in [-0.1, -0.05) is 0 Å². The molecule has 1 amide bonds. The molecule has 0 unspecified atom stereocenters. The molecule has 2 aliphatic heterocycles. The number of rotatable bonds is 3. The smallest absolute Gasteiger partial charge is 0.225 e. The van der Waals surface area contributed by atoms with Crippen molar-refractivity contribution in [1.82, 2.24) is 15.2 Å². The van der Waals surface area contributed by atoms with Crippen molar-refractivity contribution in [3.63, 3.8) is 0 Å².